The minimum absolute atomic E-state index is 0.00419. The highest BCUT2D eigenvalue weighted by molar-refractivity contribution is 7.89. The molecule has 0 radical (unpaired) electrons. The second-order valence-corrected chi connectivity index (χ2v) is 7.62. The van der Waals surface area contributed by atoms with Crippen LogP contribution in [0.4, 0.5) is 16.2 Å². The average Bonchev–Trinajstić information content (AvgIpc) is 2.57. The van der Waals surface area contributed by atoms with Crippen LogP contribution < -0.4 is 20.3 Å². The van der Waals surface area contributed by atoms with Crippen LogP contribution in [0, 0.1) is 0 Å². The second-order valence-electron chi connectivity index (χ2n) is 5.17. The molecule has 10 heteroatoms. The minimum Gasteiger partial charge on any atom is -0.378 e. The molecule has 1 aliphatic heterocycles. The summed E-state index contributed by atoms with van der Waals surface area (Å²) < 4.78 is 30.1. The van der Waals surface area contributed by atoms with Crippen LogP contribution in [0.15, 0.2) is 18.2 Å². The van der Waals surface area contributed by atoms with E-state index < -0.39 is 16.1 Å². The molecule has 1 aromatic rings. The van der Waals surface area contributed by atoms with E-state index in [2.05, 4.69) is 20.3 Å². The molecular weight excluding hydrogens is 356 g/mol. The van der Waals surface area contributed by atoms with E-state index in [-0.39, 0.29) is 12.3 Å². The molecule has 3 N–H and O–H groups in total. The number of sulfonamides is 1. The van der Waals surface area contributed by atoms with Gasteiger partial charge in [0.2, 0.25) is 10.0 Å². The van der Waals surface area contributed by atoms with Gasteiger partial charge in [-0.3, -0.25) is 0 Å². The van der Waals surface area contributed by atoms with E-state index in [0.29, 0.717) is 23.9 Å². The Hall–Kier alpha value is -1.55. The lowest BCUT2D eigenvalue weighted by Gasteiger charge is -2.29. The molecule has 1 saturated heterocycles. The van der Waals surface area contributed by atoms with Gasteiger partial charge in [-0.05, 0) is 25.2 Å². The maximum atomic E-state index is 11.9. The minimum atomic E-state index is -3.35. The van der Waals surface area contributed by atoms with Crippen molar-refractivity contribution in [2.75, 3.05) is 55.9 Å². The van der Waals surface area contributed by atoms with Crippen molar-refractivity contribution in [3.8, 4) is 0 Å². The maximum Gasteiger partial charge on any atom is 0.319 e. The van der Waals surface area contributed by atoms with E-state index >= 15 is 0 Å². The van der Waals surface area contributed by atoms with Crippen molar-refractivity contribution in [1.82, 2.24) is 10.0 Å². The van der Waals surface area contributed by atoms with E-state index in [1.807, 2.05) is 6.07 Å². The van der Waals surface area contributed by atoms with Crippen molar-refractivity contribution in [2.45, 2.75) is 0 Å². The predicted octanol–water partition coefficient (Wildman–Crippen LogP) is 0.847. The summed E-state index contributed by atoms with van der Waals surface area (Å²) in [5, 5.41) is 5.53. The van der Waals surface area contributed by atoms with Crippen LogP contribution in [0.2, 0.25) is 5.02 Å². The summed E-state index contributed by atoms with van der Waals surface area (Å²) in [7, 11) is -2.03. The van der Waals surface area contributed by atoms with Crippen molar-refractivity contribution in [2.24, 2.45) is 0 Å². The van der Waals surface area contributed by atoms with Crippen LogP contribution in [0.1, 0.15) is 0 Å². The number of morpholine rings is 1. The summed E-state index contributed by atoms with van der Waals surface area (Å²) in [6, 6.07) is 4.88. The SMILES string of the molecule is CNS(=O)(=O)CCNC(=O)Nc1cc(N2CCOCC2)ccc1Cl. The van der Waals surface area contributed by atoms with Crippen molar-refractivity contribution in [1.29, 1.82) is 0 Å². The summed E-state index contributed by atoms with van der Waals surface area (Å²) in [6.07, 6.45) is 0. The Balaban J connectivity index is 1.94. The fraction of sp³-hybridized carbons (Fsp3) is 0.500. The molecule has 0 spiro atoms. The molecule has 0 atom stereocenters. The number of amides is 2. The molecular formula is C14H21ClN4O4S. The predicted molar refractivity (Wildman–Crippen MR) is 94.4 cm³/mol. The van der Waals surface area contributed by atoms with Crippen LogP contribution in [0.25, 0.3) is 0 Å². The van der Waals surface area contributed by atoms with Crippen LogP contribution in [0.3, 0.4) is 0 Å². The van der Waals surface area contributed by atoms with Gasteiger partial charge in [-0.2, -0.15) is 0 Å². The van der Waals surface area contributed by atoms with Gasteiger partial charge in [-0.25, -0.2) is 17.9 Å². The summed E-state index contributed by atoms with van der Waals surface area (Å²) in [4.78, 5) is 14.0. The zero-order valence-electron chi connectivity index (χ0n) is 13.3. The van der Waals surface area contributed by atoms with Gasteiger partial charge in [-0.1, -0.05) is 11.6 Å². The molecule has 1 aromatic carbocycles. The van der Waals surface area contributed by atoms with Crippen LogP contribution in [-0.2, 0) is 14.8 Å². The fourth-order valence-corrected chi connectivity index (χ4v) is 2.93. The van der Waals surface area contributed by atoms with Gasteiger partial charge in [0, 0.05) is 25.3 Å². The second kappa shape index (κ2) is 8.52. The van der Waals surface area contributed by atoms with Gasteiger partial charge in [0.1, 0.15) is 0 Å². The molecule has 134 valence electrons. The van der Waals surface area contributed by atoms with Crippen molar-refractivity contribution >= 4 is 39.0 Å². The van der Waals surface area contributed by atoms with Crippen molar-refractivity contribution in [3.63, 3.8) is 0 Å². The fourth-order valence-electron chi connectivity index (χ4n) is 2.19. The van der Waals surface area contributed by atoms with E-state index in [1.54, 1.807) is 12.1 Å². The van der Waals surface area contributed by atoms with E-state index in [9.17, 15) is 13.2 Å². The molecule has 1 heterocycles. The largest absolute Gasteiger partial charge is 0.378 e. The van der Waals surface area contributed by atoms with Gasteiger partial charge in [0.15, 0.2) is 0 Å². The number of carbonyl (C=O) groups is 1. The topological polar surface area (TPSA) is 99.8 Å². The lowest BCUT2D eigenvalue weighted by Crippen LogP contribution is -2.36. The summed E-state index contributed by atoms with van der Waals surface area (Å²) in [6.45, 7) is 2.86. The molecule has 24 heavy (non-hydrogen) atoms. The number of hydrogen-bond acceptors (Lipinski definition) is 5. The van der Waals surface area contributed by atoms with E-state index in [4.69, 9.17) is 16.3 Å². The normalized spacial score (nSPS) is 15.2. The first-order chi connectivity index (χ1) is 11.4. The number of benzene rings is 1. The smallest absolute Gasteiger partial charge is 0.319 e. The Morgan fingerprint density at radius 1 is 1.33 bits per heavy atom. The molecule has 0 saturated carbocycles. The average molecular weight is 377 g/mol. The van der Waals surface area contributed by atoms with Crippen LogP contribution >= 0.6 is 11.6 Å². The zero-order valence-corrected chi connectivity index (χ0v) is 14.9. The summed E-state index contributed by atoms with van der Waals surface area (Å²) in [5.74, 6) is -0.196. The molecule has 0 unspecified atom stereocenters. The number of ether oxygens (including phenoxy) is 1. The van der Waals surface area contributed by atoms with E-state index in [0.717, 1.165) is 18.8 Å². The molecule has 0 aliphatic carbocycles. The highest BCUT2D eigenvalue weighted by atomic mass is 35.5. The van der Waals surface area contributed by atoms with Crippen molar-refractivity contribution < 1.29 is 17.9 Å². The number of nitrogens with zero attached hydrogens (tertiary/aromatic N) is 1. The number of anilines is 2. The number of urea groups is 1. The lowest BCUT2D eigenvalue weighted by atomic mass is 10.2. The molecule has 0 aromatic heterocycles. The quantitative estimate of drug-likeness (QED) is 0.683. The third kappa shape index (κ3) is 5.52. The molecule has 1 fully saturated rings. The highest BCUT2D eigenvalue weighted by Gasteiger charge is 2.14. The summed E-state index contributed by atoms with van der Waals surface area (Å²) >= 11 is 6.12. The first kappa shape index (κ1) is 18.8. The monoisotopic (exact) mass is 376 g/mol. The highest BCUT2D eigenvalue weighted by Crippen LogP contribution is 2.28. The number of carbonyl (C=O) groups excluding carboxylic acids is 1. The Bertz CT molecular complexity index is 677. The Kier molecular flexibility index (Phi) is 6.67. The number of hydrogen-bond donors (Lipinski definition) is 3. The zero-order chi connectivity index (χ0) is 17.6. The third-order valence-electron chi connectivity index (χ3n) is 3.54. The van der Waals surface area contributed by atoms with Gasteiger partial charge in [0.25, 0.3) is 0 Å². The van der Waals surface area contributed by atoms with Crippen molar-refractivity contribution in [3.05, 3.63) is 23.2 Å². The van der Waals surface area contributed by atoms with Crippen LogP contribution in [0.5, 0.6) is 0 Å². The molecule has 0 bridgehead atoms. The number of halogens is 1. The molecule has 1 aliphatic rings. The molecule has 2 rings (SSSR count). The third-order valence-corrected chi connectivity index (χ3v) is 5.23. The van der Waals surface area contributed by atoms with Gasteiger partial charge >= 0.3 is 6.03 Å². The Morgan fingerprint density at radius 3 is 2.71 bits per heavy atom. The standard InChI is InChI=1S/C14H21ClN4O4S/c1-16-24(21,22)9-4-17-14(20)18-13-10-11(2-3-12(13)15)19-5-7-23-8-6-19/h2-3,10,16H,4-9H2,1H3,(H2,17,18,20). The first-order valence-corrected chi connectivity index (χ1v) is 9.52. The van der Waals surface area contributed by atoms with Gasteiger partial charge in [-0.15, -0.1) is 0 Å². The van der Waals surface area contributed by atoms with Crippen LogP contribution in [-0.4, -0.2) is 60.1 Å². The van der Waals surface area contributed by atoms with Gasteiger partial charge < -0.3 is 20.3 Å². The number of nitrogens with one attached hydrogen (secondary N) is 3. The van der Waals surface area contributed by atoms with E-state index in [1.165, 1.54) is 7.05 Å². The number of rotatable bonds is 6. The van der Waals surface area contributed by atoms with Gasteiger partial charge in [0.05, 0.1) is 29.7 Å². The Labute approximate surface area is 146 Å². The molecule has 2 amide bonds. The summed E-state index contributed by atoms with van der Waals surface area (Å²) in [5.41, 5.74) is 1.41. The lowest BCUT2D eigenvalue weighted by molar-refractivity contribution is 0.122. The Morgan fingerprint density at radius 2 is 2.04 bits per heavy atom. The maximum absolute atomic E-state index is 11.9. The molecule has 8 nitrogen and oxygen atoms in total. The first-order valence-electron chi connectivity index (χ1n) is 7.49.